The maximum atomic E-state index is 11.7. The molecule has 0 spiro atoms. The summed E-state index contributed by atoms with van der Waals surface area (Å²) < 4.78 is 0. The number of unbranched alkanes of at least 4 members (excludes halogenated alkanes) is 2. The van der Waals surface area contributed by atoms with E-state index in [-0.39, 0.29) is 5.41 Å². The van der Waals surface area contributed by atoms with Gasteiger partial charge in [0.1, 0.15) is 5.78 Å². The van der Waals surface area contributed by atoms with Crippen LogP contribution in [0.15, 0.2) is 0 Å². The van der Waals surface area contributed by atoms with E-state index >= 15 is 0 Å². The lowest BCUT2D eigenvalue weighted by molar-refractivity contribution is -0.122. The summed E-state index contributed by atoms with van der Waals surface area (Å²) in [5, 5.41) is 0. The number of carbonyl (C=O) groups is 1. The van der Waals surface area contributed by atoms with Crippen molar-refractivity contribution in [3.05, 3.63) is 0 Å². The van der Waals surface area contributed by atoms with Crippen LogP contribution in [0.1, 0.15) is 72.1 Å². The van der Waals surface area contributed by atoms with E-state index in [2.05, 4.69) is 32.6 Å². The third-order valence-corrected chi connectivity index (χ3v) is 3.45. The standard InChI is InChI=1S/C16H26O/c1-4-5-6-7-10-16(12-14(2)3)11-8-9-15(17)13-16/h14H,4-6,8-9,11-13H2,1-3H3/t16-/m0/s1. The molecule has 0 aromatic heterocycles. The molecule has 0 amide bonds. The van der Waals surface area contributed by atoms with E-state index in [4.69, 9.17) is 0 Å². The molecule has 1 atom stereocenters. The first kappa shape index (κ1) is 14.3. The number of carbonyl (C=O) groups excluding carboxylic acids is 1. The van der Waals surface area contributed by atoms with Crippen molar-refractivity contribution in [1.29, 1.82) is 0 Å². The zero-order chi connectivity index (χ0) is 12.7. The lowest BCUT2D eigenvalue weighted by atomic mass is 9.69. The molecule has 0 radical (unpaired) electrons. The Hall–Kier alpha value is -0.770. The van der Waals surface area contributed by atoms with E-state index in [0.29, 0.717) is 18.1 Å². The molecule has 0 bridgehead atoms. The summed E-state index contributed by atoms with van der Waals surface area (Å²) in [4.78, 5) is 11.7. The van der Waals surface area contributed by atoms with Crippen molar-refractivity contribution < 1.29 is 4.79 Å². The van der Waals surface area contributed by atoms with Crippen LogP contribution >= 0.6 is 0 Å². The lowest BCUT2D eigenvalue weighted by Gasteiger charge is -2.33. The lowest BCUT2D eigenvalue weighted by Crippen LogP contribution is -2.29. The first-order valence-electron chi connectivity index (χ1n) is 7.10. The molecule has 0 aromatic carbocycles. The van der Waals surface area contributed by atoms with Crippen molar-refractivity contribution in [3.8, 4) is 11.8 Å². The maximum Gasteiger partial charge on any atom is 0.134 e. The molecule has 0 N–H and O–H groups in total. The van der Waals surface area contributed by atoms with Gasteiger partial charge < -0.3 is 0 Å². The van der Waals surface area contributed by atoms with E-state index in [9.17, 15) is 4.79 Å². The Morgan fingerprint density at radius 3 is 2.76 bits per heavy atom. The van der Waals surface area contributed by atoms with Crippen LogP contribution in [0.4, 0.5) is 0 Å². The highest BCUT2D eigenvalue weighted by Crippen LogP contribution is 2.39. The van der Waals surface area contributed by atoms with Gasteiger partial charge in [0.2, 0.25) is 0 Å². The van der Waals surface area contributed by atoms with Gasteiger partial charge in [-0.1, -0.05) is 33.1 Å². The minimum absolute atomic E-state index is 0.0112. The van der Waals surface area contributed by atoms with Crippen LogP contribution < -0.4 is 0 Å². The van der Waals surface area contributed by atoms with Gasteiger partial charge in [-0.3, -0.25) is 4.79 Å². The van der Waals surface area contributed by atoms with Gasteiger partial charge in [0.15, 0.2) is 0 Å². The SMILES string of the molecule is CCCCC#C[C@@]1(CC(C)C)CCCC(=O)C1. The average molecular weight is 234 g/mol. The topological polar surface area (TPSA) is 17.1 Å². The van der Waals surface area contributed by atoms with Crippen molar-refractivity contribution in [1.82, 2.24) is 0 Å². The monoisotopic (exact) mass is 234 g/mol. The normalized spacial score (nSPS) is 24.6. The fourth-order valence-corrected chi connectivity index (χ4v) is 2.81. The van der Waals surface area contributed by atoms with Crippen LogP contribution in [0.25, 0.3) is 0 Å². The number of hydrogen-bond donors (Lipinski definition) is 0. The molecule has 1 heteroatoms. The Kier molecular flexibility index (Phi) is 5.75. The zero-order valence-electron chi connectivity index (χ0n) is 11.6. The zero-order valence-corrected chi connectivity index (χ0v) is 11.6. The van der Waals surface area contributed by atoms with Crippen LogP contribution in [0.2, 0.25) is 0 Å². The maximum absolute atomic E-state index is 11.7. The molecule has 0 aromatic rings. The minimum Gasteiger partial charge on any atom is -0.300 e. The Labute approximate surface area is 106 Å². The minimum atomic E-state index is 0.0112. The van der Waals surface area contributed by atoms with Gasteiger partial charge in [0.25, 0.3) is 0 Å². The molecule has 1 aliphatic rings. The van der Waals surface area contributed by atoms with E-state index < -0.39 is 0 Å². The molecule has 1 fully saturated rings. The largest absolute Gasteiger partial charge is 0.300 e. The summed E-state index contributed by atoms with van der Waals surface area (Å²) in [6.45, 7) is 6.65. The fourth-order valence-electron chi connectivity index (χ4n) is 2.81. The van der Waals surface area contributed by atoms with E-state index in [1.807, 2.05) is 0 Å². The van der Waals surface area contributed by atoms with Gasteiger partial charge in [-0.2, -0.15) is 0 Å². The van der Waals surface area contributed by atoms with Gasteiger partial charge in [0.05, 0.1) is 0 Å². The molecule has 0 unspecified atom stereocenters. The quantitative estimate of drug-likeness (QED) is 0.522. The second kappa shape index (κ2) is 6.84. The average Bonchev–Trinajstić information content (AvgIpc) is 2.23. The van der Waals surface area contributed by atoms with Crippen LogP contribution in [-0.4, -0.2) is 5.78 Å². The highest BCUT2D eigenvalue weighted by Gasteiger charge is 2.34. The van der Waals surface area contributed by atoms with Gasteiger partial charge in [0, 0.05) is 24.7 Å². The van der Waals surface area contributed by atoms with Gasteiger partial charge in [-0.15, -0.1) is 5.92 Å². The molecule has 17 heavy (non-hydrogen) atoms. The third kappa shape index (κ3) is 4.94. The van der Waals surface area contributed by atoms with Crippen LogP contribution in [0, 0.1) is 23.2 Å². The third-order valence-electron chi connectivity index (χ3n) is 3.45. The Morgan fingerprint density at radius 2 is 2.18 bits per heavy atom. The fraction of sp³-hybridized carbons (Fsp3) is 0.812. The van der Waals surface area contributed by atoms with E-state index in [0.717, 1.165) is 32.1 Å². The van der Waals surface area contributed by atoms with Crippen molar-refractivity contribution in [2.24, 2.45) is 11.3 Å². The molecular formula is C16H26O. The molecule has 1 nitrogen and oxygen atoms in total. The van der Waals surface area contributed by atoms with Crippen LogP contribution in [0.5, 0.6) is 0 Å². The second-order valence-corrected chi connectivity index (χ2v) is 5.85. The molecule has 0 heterocycles. The van der Waals surface area contributed by atoms with Gasteiger partial charge in [-0.25, -0.2) is 0 Å². The van der Waals surface area contributed by atoms with Gasteiger partial charge >= 0.3 is 0 Å². The highest BCUT2D eigenvalue weighted by atomic mass is 16.1. The summed E-state index contributed by atoms with van der Waals surface area (Å²) in [6, 6.07) is 0. The summed E-state index contributed by atoms with van der Waals surface area (Å²) in [5.41, 5.74) is 0.0112. The number of Topliss-reactive ketones (excluding diaryl/α,β-unsaturated/α-hetero) is 1. The molecule has 0 aliphatic heterocycles. The predicted octanol–water partition coefficient (Wildman–Crippen LogP) is 4.36. The van der Waals surface area contributed by atoms with E-state index in [1.165, 1.54) is 12.8 Å². The molecule has 0 saturated heterocycles. The second-order valence-electron chi connectivity index (χ2n) is 5.85. The first-order chi connectivity index (χ1) is 8.08. The number of hydrogen-bond acceptors (Lipinski definition) is 1. The number of ketones is 1. The smallest absolute Gasteiger partial charge is 0.134 e. The highest BCUT2D eigenvalue weighted by molar-refractivity contribution is 5.80. The number of rotatable bonds is 4. The van der Waals surface area contributed by atoms with Crippen molar-refractivity contribution >= 4 is 5.78 Å². The van der Waals surface area contributed by atoms with Crippen LogP contribution in [0.3, 0.4) is 0 Å². The summed E-state index contributed by atoms with van der Waals surface area (Å²) in [7, 11) is 0. The van der Waals surface area contributed by atoms with Crippen molar-refractivity contribution in [3.63, 3.8) is 0 Å². The molecule has 1 rings (SSSR count). The van der Waals surface area contributed by atoms with Crippen LogP contribution in [-0.2, 0) is 4.79 Å². The van der Waals surface area contributed by atoms with Crippen molar-refractivity contribution in [2.45, 2.75) is 72.1 Å². The summed E-state index contributed by atoms with van der Waals surface area (Å²) in [6.07, 6.45) is 8.08. The summed E-state index contributed by atoms with van der Waals surface area (Å²) >= 11 is 0. The Balaban J connectivity index is 2.69. The summed E-state index contributed by atoms with van der Waals surface area (Å²) in [5.74, 6) is 7.83. The van der Waals surface area contributed by atoms with Crippen molar-refractivity contribution in [2.75, 3.05) is 0 Å². The Morgan fingerprint density at radius 1 is 1.41 bits per heavy atom. The molecule has 1 aliphatic carbocycles. The molecule has 96 valence electrons. The first-order valence-corrected chi connectivity index (χ1v) is 7.10. The predicted molar refractivity (Wildman–Crippen MR) is 72.7 cm³/mol. The molecule has 1 saturated carbocycles. The van der Waals surface area contributed by atoms with Gasteiger partial charge in [-0.05, 0) is 31.6 Å². The van der Waals surface area contributed by atoms with E-state index in [1.54, 1.807) is 0 Å². The Bertz CT molecular complexity index is 305. The molecular weight excluding hydrogens is 208 g/mol.